The van der Waals surface area contributed by atoms with Crippen LogP contribution in [0.1, 0.15) is 18.5 Å². The third-order valence-corrected chi connectivity index (χ3v) is 2.80. The molecule has 1 rings (SSSR count). The zero-order valence-corrected chi connectivity index (χ0v) is 10.9. The zero-order chi connectivity index (χ0) is 11.3. The summed E-state index contributed by atoms with van der Waals surface area (Å²) >= 11 is 2.29. The highest BCUT2D eigenvalue weighted by Crippen LogP contribution is 2.22. The standard InChI is InChI=1S/C11H14INO2/c1-8(12)10(13-11(14)15-2)9-6-4-3-5-7-9/h3-8,10H,1-2H3,(H,13,14)/t8-,10-/m0/s1. The molecular weight excluding hydrogens is 305 g/mol. The summed E-state index contributed by atoms with van der Waals surface area (Å²) in [6.07, 6.45) is -0.396. The average molecular weight is 319 g/mol. The molecule has 15 heavy (non-hydrogen) atoms. The van der Waals surface area contributed by atoms with Crippen LogP contribution in [0.2, 0.25) is 0 Å². The van der Waals surface area contributed by atoms with Crippen molar-refractivity contribution >= 4 is 28.7 Å². The van der Waals surface area contributed by atoms with Crippen LogP contribution in [0.15, 0.2) is 30.3 Å². The van der Waals surface area contributed by atoms with Crippen molar-refractivity contribution in [3.05, 3.63) is 35.9 Å². The Balaban J connectivity index is 2.79. The number of ether oxygens (including phenoxy) is 1. The fraction of sp³-hybridized carbons (Fsp3) is 0.364. The molecule has 82 valence electrons. The van der Waals surface area contributed by atoms with Gasteiger partial charge < -0.3 is 10.1 Å². The Hall–Kier alpha value is -0.780. The van der Waals surface area contributed by atoms with Crippen molar-refractivity contribution in [2.45, 2.75) is 16.9 Å². The second-order valence-corrected chi connectivity index (χ2v) is 5.17. The van der Waals surface area contributed by atoms with E-state index in [4.69, 9.17) is 0 Å². The highest BCUT2D eigenvalue weighted by atomic mass is 127. The molecule has 1 aromatic rings. The van der Waals surface area contributed by atoms with Gasteiger partial charge >= 0.3 is 6.09 Å². The topological polar surface area (TPSA) is 38.3 Å². The van der Waals surface area contributed by atoms with Crippen LogP contribution in [0.3, 0.4) is 0 Å². The second kappa shape index (κ2) is 5.95. The normalized spacial score (nSPS) is 14.1. The van der Waals surface area contributed by atoms with Crippen LogP contribution in [0.5, 0.6) is 0 Å². The van der Waals surface area contributed by atoms with Crippen LogP contribution in [-0.2, 0) is 4.74 Å². The highest BCUT2D eigenvalue weighted by Gasteiger charge is 2.18. The molecule has 0 saturated carbocycles. The van der Waals surface area contributed by atoms with Gasteiger partial charge in [-0.25, -0.2) is 4.79 Å². The minimum atomic E-state index is -0.396. The van der Waals surface area contributed by atoms with Gasteiger partial charge in [-0.1, -0.05) is 59.8 Å². The molecule has 3 nitrogen and oxygen atoms in total. The lowest BCUT2D eigenvalue weighted by molar-refractivity contribution is 0.166. The maximum atomic E-state index is 11.2. The molecule has 0 aliphatic heterocycles. The molecule has 0 radical (unpaired) electrons. The summed E-state index contributed by atoms with van der Waals surface area (Å²) in [7, 11) is 1.37. The van der Waals surface area contributed by atoms with E-state index in [2.05, 4.69) is 32.6 Å². The van der Waals surface area contributed by atoms with Gasteiger partial charge in [0.1, 0.15) is 0 Å². The van der Waals surface area contributed by atoms with Gasteiger partial charge in [0.15, 0.2) is 0 Å². The van der Waals surface area contributed by atoms with Gasteiger partial charge in [0.25, 0.3) is 0 Å². The molecule has 0 aliphatic carbocycles. The predicted molar refractivity (Wildman–Crippen MR) is 68.2 cm³/mol. The number of carbonyl (C=O) groups is 1. The van der Waals surface area contributed by atoms with E-state index < -0.39 is 6.09 Å². The lowest BCUT2D eigenvalue weighted by Crippen LogP contribution is -2.32. The third kappa shape index (κ3) is 3.70. The summed E-state index contributed by atoms with van der Waals surface area (Å²) in [5.41, 5.74) is 1.09. The highest BCUT2D eigenvalue weighted by molar-refractivity contribution is 14.1. The molecule has 0 aliphatic rings. The molecular formula is C11H14INO2. The number of nitrogens with one attached hydrogen (secondary N) is 1. The van der Waals surface area contributed by atoms with Gasteiger partial charge in [-0.05, 0) is 5.56 Å². The van der Waals surface area contributed by atoms with Crippen molar-refractivity contribution in [1.29, 1.82) is 0 Å². The van der Waals surface area contributed by atoms with E-state index in [1.165, 1.54) is 7.11 Å². The van der Waals surface area contributed by atoms with E-state index in [1.54, 1.807) is 0 Å². The van der Waals surface area contributed by atoms with E-state index >= 15 is 0 Å². The molecule has 1 aromatic carbocycles. The smallest absolute Gasteiger partial charge is 0.407 e. The summed E-state index contributed by atoms with van der Waals surface area (Å²) < 4.78 is 4.89. The number of amides is 1. The molecule has 0 unspecified atom stereocenters. The first-order chi connectivity index (χ1) is 7.15. The number of alkyl carbamates (subject to hydrolysis) is 1. The fourth-order valence-corrected chi connectivity index (χ4v) is 1.90. The number of carbonyl (C=O) groups excluding carboxylic acids is 1. The molecule has 1 N–H and O–H groups in total. The van der Waals surface area contributed by atoms with Crippen LogP contribution in [-0.4, -0.2) is 17.1 Å². The maximum Gasteiger partial charge on any atom is 0.407 e. The van der Waals surface area contributed by atoms with Crippen LogP contribution in [0, 0.1) is 0 Å². The van der Waals surface area contributed by atoms with Gasteiger partial charge in [0.2, 0.25) is 0 Å². The number of rotatable bonds is 3. The second-order valence-electron chi connectivity index (χ2n) is 3.20. The quantitative estimate of drug-likeness (QED) is 0.687. The molecule has 0 bridgehead atoms. The summed E-state index contributed by atoms with van der Waals surface area (Å²) in [6, 6.07) is 9.85. The lowest BCUT2D eigenvalue weighted by Gasteiger charge is -2.20. The first kappa shape index (κ1) is 12.3. The Kier molecular flexibility index (Phi) is 4.87. The van der Waals surface area contributed by atoms with Gasteiger partial charge in [0, 0.05) is 3.92 Å². The first-order valence-corrected chi connectivity index (χ1v) is 5.93. The van der Waals surface area contributed by atoms with Crippen LogP contribution in [0.4, 0.5) is 4.79 Å². The van der Waals surface area contributed by atoms with Crippen LogP contribution >= 0.6 is 22.6 Å². The SMILES string of the molecule is COC(=O)N[C@H](c1ccccc1)[C@H](C)I. The molecule has 4 heteroatoms. The minimum Gasteiger partial charge on any atom is -0.453 e. The zero-order valence-electron chi connectivity index (χ0n) is 8.74. The molecule has 0 saturated heterocycles. The van der Waals surface area contributed by atoms with Gasteiger partial charge in [-0.2, -0.15) is 0 Å². The molecule has 0 heterocycles. The molecule has 2 atom stereocenters. The van der Waals surface area contributed by atoms with Crippen molar-refractivity contribution in [2.24, 2.45) is 0 Å². The average Bonchev–Trinajstić information content (AvgIpc) is 2.26. The van der Waals surface area contributed by atoms with Crippen molar-refractivity contribution < 1.29 is 9.53 Å². The lowest BCUT2D eigenvalue weighted by atomic mass is 10.1. The number of hydrogen-bond acceptors (Lipinski definition) is 2. The van der Waals surface area contributed by atoms with Crippen molar-refractivity contribution in [2.75, 3.05) is 7.11 Å². The number of methoxy groups -OCH3 is 1. The van der Waals surface area contributed by atoms with Crippen molar-refractivity contribution in [1.82, 2.24) is 5.32 Å². The van der Waals surface area contributed by atoms with Crippen molar-refractivity contribution in [3.63, 3.8) is 0 Å². The van der Waals surface area contributed by atoms with Crippen LogP contribution in [0.25, 0.3) is 0 Å². The van der Waals surface area contributed by atoms with E-state index in [0.717, 1.165) is 5.56 Å². The molecule has 0 spiro atoms. The molecule has 0 aromatic heterocycles. The van der Waals surface area contributed by atoms with Gasteiger partial charge in [-0.15, -0.1) is 0 Å². The molecule has 0 fully saturated rings. The Labute approximate surface area is 103 Å². The molecule has 1 amide bonds. The number of benzene rings is 1. The summed E-state index contributed by atoms with van der Waals surface area (Å²) in [5.74, 6) is 0. The number of alkyl halides is 1. The van der Waals surface area contributed by atoms with Crippen LogP contribution < -0.4 is 5.32 Å². The summed E-state index contributed by atoms with van der Waals surface area (Å²) in [4.78, 5) is 11.2. The Morgan fingerprint density at radius 1 is 1.40 bits per heavy atom. The third-order valence-electron chi connectivity index (χ3n) is 2.08. The summed E-state index contributed by atoms with van der Waals surface area (Å²) in [5, 5.41) is 2.81. The predicted octanol–water partition coefficient (Wildman–Crippen LogP) is 2.91. The maximum absolute atomic E-state index is 11.2. The largest absolute Gasteiger partial charge is 0.453 e. The minimum absolute atomic E-state index is 0.0146. The van der Waals surface area contributed by atoms with E-state index in [9.17, 15) is 4.79 Å². The van der Waals surface area contributed by atoms with E-state index in [0.29, 0.717) is 3.92 Å². The van der Waals surface area contributed by atoms with E-state index in [-0.39, 0.29) is 6.04 Å². The number of halogens is 1. The van der Waals surface area contributed by atoms with Gasteiger partial charge in [0.05, 0.1) is 13.2 Å². The fourth-order valence-electron chi connectivity index (χ4n) is 1.31. The summed E-state index contributed by atoms with van der Waals surface area (Å²) in [6.45, 7) is 2.05. The number of hydrogen-bond donors (Lipinski definition) is 1. The monoisotopic (exact) mass is 319 g/mol. The van der Waals surface area contributed by atoms with Crippen molar-refractivity contribution in [3.8, 4) is 0 Å². The Morgan fingerprint density at radius 3 is 2.47 bits per heavy atom. The van der Waals surface area contributed by atoms with E-state index in [1.807, 2.05) is 37.3 Å². The first-order valence-electron chi connectivity index (χ1n) is 4.68. The van der Waals surface area contributed by atoms with Gasteiger partial charge in [-0.3, -0.25) is 0 Å². The Morgan fingerprint density at radius 2 is 2.00 bits per heavy atom. The Bertz CT molecular complexity index is 314.